The minimum absolute atomic E-state index is 0.0290. The predicted molar refractivity (Wildman–Crippen MR) is 100 cm³/mol. The zero-order valence-corrected chi connectivity index (χ0v) is 17.8. The summed E-state index contributed by atoms with van der Waals surface area (Å²) in [4.78, 5) is 25.0. The van der Waals surface area contributed by atoms with Crippen molar-refractivity contribution in [2.75, 3.05) is 6.61 Å². The van der Waals surface area contributed by atoms with Crippen molar-refractivity contribution < 1.29 is 28.5 Å². The zero-order valence-electron chi connectivity index (χ0n) is 16.2. The Morgan fingerprint density at radius 2 is 1.69 bits per heavy atom. The van der Waals surface area contributed by atoms with Crippen molar-refractivity contribution in [2.24, 2.45) is 0 Å². The van der Waals surface area contributed by atoms with Crippen molar-refractivity contribution in [1.29, 1.82) is 0 Å². The summed E-state index contributed by atoms with van der Waals surface area (Å²) in [5.41, 5.74) is -0.495. The van der Waals surface area contributed by atoms with Gasteiger partial charge in [0.2, 0.25) is 0 Å². The van der Waals surface area contributed by atoms with Crippen LogP contribution in [0.25, 0.3) is 0 Å². The van der Waals surface area contributed by atoms with Crippen LogP contribution in [0, 0.1) is 0 Å². The summed E-state index contributed by atoms with van der Waals surface area (Å²) in [6.45, 7) is 12.9. The Bertz CT molecular complexity index is 727. The summed E-state index contributed by atoms with van der Waals surface area (Å²) in [6.07, 6.45) is -0.908. The van der Waals surface area contributed by atoms with Crippen molar-refractivity contribution in [3.8, 4) is 11.5 Å². The number of ether oxygens (including phenoxy) is 4. The van der Waals surface area contributed by atoms with Gasteiger partial charge < -0.3 is 18.9 Å². The molecule has 0 saturated carbocycles. The number of halogens is 1. The molecule has 0 spiro atoms. The number of hydrogen-bond acceptors (Lipinski definition) is 6. The third kappa shape index (κ3) is 4.90. The van der Waals surface area contributed by atoms with Crippen LogP contribution in [0.3, 0.4) is 0 Å². The van der Waals surface area contributed by atoms with Crippen LogP contribution in [0.4, 0.5) is 4.79 Å². The molecule has 2 rings (SSSR count). The number of fused-ring (bicyclic) bond motifs is 1. The summed E-state index contributed by atoms with van der Waals surface area (Å²) in [6, 6.07) is 1.79. The molecule has 1 heterocycles. The topological polar surface area (TPSA) is 71.1 Å². The van der Waals surface area contributed by atoms with Crippen LogP contribution in [-0.4, -0.2) is 29.9 Å². The summed E-state index contributed by atoms with van der Waals surface area (Å²) in [7, 11) is 0. The lowest BCUT2D eigenvalue weighted by Crippen LogP contribution is -2.28. The van der Waals surface area contributed by atoms with Gasteiger partial charge in [-0.2, -0.15) is 0 Å². The van der Waals surface area contributed by atoms with E-state index in [0.717, 1.165) is 5.56 Å². The summed E-state index contributed by atoms with van der Waals surface area (Å²) in [5.74, 6) is -0.101. The van der Waals surface area contributed by atoms with Gasteiger partial charge in [-0.1, -0.05) is 6.92 Å². The van der Waals surface area contributed by atoms with Crippen molar-refractivity contribution in [2.45, 2.75) is 65.6 Å². The molecule has 144 valence electrons. The molecular formula is C19H25BrO6. The van der Waals surface area contributed by atoms with E-state index in [9.17, 15) is 9.59 Å². The Hall–Kier alpha value is -1.76. The summed E-state index contributed by atoms with van der Waals surface area (Å²) >= 11 is 3.39. The second-order valence-electron chi connectivity index (χ2n) is 8.26. The average Bonchev–Trinajstić information content (AvgIpc) is 2.76. The lowest BCUT2D eigenvalue weighted by molar-refractivity contribution is 0.00574. The fourth-order valence-corrected chi connectivity index (χ4v) is 2.95. The van der Waals surface area contributed by atoms with Crippen LogP contribution in [-0.2, 0) is 9.47 Å². The largest absolute Gasteiger partial charge is 0.514 e. The minimum Gasteiger partial charge on any atom is -0.492 e. The van der Waals surface area contributed by atoms with Gasteiger partial charge in [0.15, 0.2) is 5.75 Å². The average molecular weight is 429 g/mol. The van der Waals surface area contributed by atoms with Crippen molar-refractivity contribution in [3.63, 3.8) is 0 Å². The van der Waals surface area contributed by atoms with Gasteiger partial charge in [-0.25, -0.2) is 9.59 Å². The minimum atomic E-state index is -0.908. The van der Waals surface area contributed by atoms with Crippen LogP contribution < -0.4 is 9.47 Å². The smallest absolute Gasteiger partial charge is 0.492 e. The van der Waals surface area contributed by atoms with E-state index < -0.39 is 23.3 Å². The molecule has 6 nitrogen and oxygen atoms in total. The van der Waals surface area contributed by atoms with Crippen LogP contribution in [0.2, 0.25) is 0 Å². The molecule has 0 radical (unpaired) electrons. The Balaban J connectivity index is 2.50. The molecule has 1 aromatic carbocycles. The monoisotopic (exact) mass is 428 g/mol. The van der Waals surface area contributed by atoms with Gasteiger partial charge in [0.25, 0.3) is 0 Å². The molecule has 0 aliphatic carbocycles. The highest BCUT2D eigenvalue weighted by molar-refractivity contribution is 9.10. The normalized spacial score (nSPS) is 16.5. The lowest BCUT2D eigenvalue weighted by atomic mass is 10.00. The van der Waals surface area contributed by atoms with Gasteiger partial charge in [0.1, 0.15) is 22.5 Å². The third-order valence-corrected chi connectivity index (χ3v) is 3.99. The molecule has 0 saturated heterocycles. The highest BCUT2D eigenvalue weighted by Gasteiger charge is 2.35. The molecule has 1 aliphatic heterocycles. The fourth-order valence-electron chi connectivity index (χ4n) is 2.42. The van der Waals surface area contributed by atoms with Gasteiger partial charge >= 0.3 is 12.1 Å². The van der Waals surface area contributed by atoms with E-state index in [1.54, 1.807) is 47.6 Å². The van der Waals surface area contributed by atoms with E-state index >= 15 is 0 Å². The number of benzene rings is 1. The Labute approximate surface area is 162 Å². The first-order chi connectivity index (χ1) is 11.8. The highest BCUT2D eigenvalue weighted by atomic mass is 79.9. The molecule has 0 amide bonds. The zero-order chi connectivity index (χ0) is 19.9. The van der Waals surface area contributed by atoms with Crippen molar-refractivity contribution in [3.05, 3.63) is 21.7 Å². The summed E-state index contributed by atoms with van der Waals surface area (Å²) in [5, 5.41) is 0. The maximum Gasteiger partial charge on any atom is 0.514 e. The quantitative estimate of drug-likeness (QED) is 0.475. The van der Waals surface area contributed by atoms with Crippen molar-refractivity contribution >= 4 is 28.1 Å². The predicted octanol–water partition coefficient (Wildman–Crippen LogP) is 5.21. The van der Waals surface area contributed by atoms with E-state index in [1.165, 1.54) is 0 Å². The number of carbonyl (C=O) groups excluding carboxylic acids is 2. The van der Waals surface area contributed by atoms with Gasteiger partial charge in [0.05, 0.1) is 11.1 Å². The van der Waals surface area contributed by atoms with E-state index in [1.807, 2.05) is 6.92 Å². The second kappa shape index (κ2) is 7.10. The van der Waals surface area contributed by atoms with Crippen LogP contribution in [0.5, 0.6) is 11.5 Å². The maximum atomic E-state index is 12.8. The van der Waals surface area contributed by atoms with Crippen LogP contribution in [0.15, 0.2) is 10.5 Å². The highest BCUT2D eigenvalue weighted by Crippen LogP contribution is 2.46. The van der Waals surface area contributed by atoms with E-state index in [0.29, 0.717) is 16.8 Å². The molecule has 26 heavy (non-hydrogen) atoms. The molecule has 0 N–H and O–H groups in total. The first-order valence-corrected chi connectivity index (χ1v) is 9.21. The molecule has 7 heteroatoms. The number of rotatable bonds is 2. The van der Waals surface area contributed by atoms with E-state index in [4.69, 9.17) is 18.9 Å². The first kappa shape index (κ1) is 20.6. The molecular weight excluding hydrogens is 404 g/mol. The standard InChI is InChI=1S/C19H25BrO6/c1-10-9-23-14-11(10)8-12(20)15(24-17(22)26-19(5,6)7)13(14)16(21)25-18(2,3)4/h8,10H,9H2,1-7H3. The van der Waals surface area contributed by atoms with Gasteiger partial charge in [-0.05, 0) is 63.5 Å². The Morgan fingerprint density at radius 1 is 1.12 bits per heavy atom. The first-order valence-electron chi connectivity index (χ1n) is 8.42. The van der Waals surface area contributed by atoms with Gasteiger partial charge in [-0.15, -0.1) is 0 Å². The SMILES string of the molecule is CC1COc2c1cc(Br)c(OC(=O)OC(C)(C)C)c2C(=O)OC(C)(C)C. The number of esters is 1. The van der Waals surface area contributed by atoms with E-state index in [-0.39, 0.29) is 17.2 Å². The summed E-state index contributed by atoms with van der Waals surface area (Å²) < 4.78 is 22.2. The van der Waals surface area contributed by atoms with Crippen LogP contribution >= 0.6 is 15.9 Å². The van der Waals surface area contributed by atoms with E-state index in [2.05, 4.69) is 15.9 Å². The van der Waals surface area contributed by atoms with Crippen LogP contribution in [0.1, 0.15) is 70.3 Å². The molecule has 1 atom stereocenters. The Kier molecular flexibility index (Phi) is 5.61. The number of carbonyl (C=O) groups is 2. The lowest BCUT2D eigenvalue weighted by Gasteiger charge is -2.23. The Morgan fingerprint density at radius 3 is 2.23 bits per heavy atom. The molecule has 0 aromatic heterocycles. The van der Waals surface area contributed by atoms with Gasteiger partial charge in [-0.3, -0.25) is 0 Å². The van der Waals surface area contributed by atoms with Gasteiger partial charge in [0, 0.05) is 11.5 Å². The second-order valence-corrected chi connectivity index (χ2v) is 9.12. The third-order valence-electron chi connectivity index (χ3n) is 3.40. The maximum absolute atomic E-state index is 12.8. The molecule has 1 aliphatic rings. The fraction of sp³-hybridized carbons (Fsp3) is 0.579. The molecule has 0 fully saturated rings. The number of hydrogen-bond donors (Lipinski definition) is 0. The molecule has 1 aromatic rings. The van der Waals surface area contributed by atoms with Crippen molar-refractivity contribution in [1.82, 2.24) is 0 Å². The molecule has 1 unspecified atom stereocenters. The molecule has 0 bridgehead atoms.